The lowest BCUT2D eigenvalue weighted by Crippen LogP contribution is -2.41. The summed E-state index contributed by atoms with van der Waals surface area (Å²) >= 11 is 6.12. The highest BCUT2D eigenvalue weighted by atomic mass is 35.5. The zero-order valence-electron chi connectivity index (χ0n) is 13.6. The largest absolute Gasteiger partial charge is 0.355 e. The molecule has 1 amide bonds. The van der Waals surface area contributed by atoms with Crippen LogP contribution in [0.1, 0.15) is 15.9 Å². The first-order valence-electron chi connectivity index (χ1n) is 7.72. The van der Waals surface area contributed by atoms with Crippen LogP contribution >= 0.6 is 11.6 Å². The minimum atomic E-state index is -0.0867. The van der Waals surface area contributed by atoms with Gasteiger partial charge in [0, 0.05) is 37.3 Å². The predicted octanol–water partition coefficient (Wildman–Crippen LogP) is 2.43. The van der Waals surface area contributed by atoms with Crippen molar-refractivity contribution in [3.05, 3.63) is 70.7 Å². The lowest BCUT2D eigenvalue weighted by Gasteiger charge is -2.13. The topological polar surface area (TPSA) is 65.5 Å². The van der Waals surface area contributed by atoms with Crippen molar-refractivity contribution < 1.29 is 4.79 Å². The molecule has 0 saturated heterocycles. The summed E-state index contributed by atoms with van der Waals surface area (Å²) in [5.74, 6) is 0.570. The van der Waals surface area contributed by atoms with Crippen LogP contribution in [0.2, 0.25) is 5.02 Å². The zero-order valence-corrected chi connectivity index (χ0v) is 14.3. The average molecular weight is 345 g/mol. The summed E-state index contributed by atoms with van der Waals surface area (Å²) < 4.78 is 0. The Hall–Kier alpha value is -2.53. The van der Waals surface area contributed by atoms with Crippen molar-refractivity contribution in [3.63, 3.8) is 0 Å². The normalized spacial score (nSPS) is 11.0. The first kappa shape index (κ1) is 17.8. The van der Waals surface area contributed by atoms with Gasteiger partial charge in [0.1, 0.15) is 0 Å². The van der Waals surface area contributed by atoms with Crippen molar-refractivity contribution in [1.82, 2.24) is 16.0 Å². The summed E-state index contributed by atoms with van der Waals surface area (Å²) in [6.45, 7) is 1.65. The number of nitrogens with one attached hydrogen (secondary N) is 3. The third-order valence-corrected chi connectivity index (χ3v) is 3.74. The molecule has 2 aromatic rings. The van der Waals surface area contributed by atoms with Gasteiger partial charge in [0.25, 0.3) is 5.91 Å². The number of halogens is 1. The molecule has 0 fully saturated rings. The van der Waals surface area contributed by atoms with Gasteiger partial charge in [-0.3, -0.25) is 9.79 Å². The maximum Gasteiger partial charge on any atom is 0.251 e. The second-order valence-corrected chi connectivity index (χ2v) is 5.47. The number of nitrogens with zero attached hydrogens (tertiary/aromatic N) is 1. The van der Waals surface area contributed by atoms with Crippen LogP contribution in [-0.4, -0.2) is 32.0 Å². The third kappa shape index (κ3) is 5.59. The molecule has 0 aromatic heterocycles. The highest BCUT2D eigenvalue weighted by Gasteiger charge is 2.04. The van der Waals surface area contributed by atoms with E-state index in [1.54, 1.807) is 19.2 Å². The Morgan fingerprint density at radius 1 is 0.958 bits per heavy atom. The maximum absolute atomic E-state index is 11.9. The Bertz CT molecular complexity index is 688. The summed E-state index contributed by atoms with van der Waals surface area (Å²) in [7, 11) is 1.70. The Morgan fingerprint density at radius 2 is 1.62 bits per heavy atom. The summed E-state index contributed by atoms with van der Waals surface area (Å²) in [5, 5.41) is 9.91. The lowest BCUT2D eigenvalue weighted by molar-refractivity contribution is 0.0954. The number of amides is 1. The monoisotopic (exact) mass is 344 g/mol. The van der Waals surface area contributed by atoms with Crippen molar-refractivity contribution in [3.8, 4) is 0 Å². The minimum Gasteiger partial charge on any atom is -0.355 e. The average Bonchev–Trinajstić information content (AvgIpc) is 2.63. The number of aliphatic imine (C=N–C) groups is 1. The minimum absolute atomic E-state index is 0.0867. The molecule has 24 heavy (non-hydrogen) atoms. The standard InChI is InChI=1S/C18H21ClN4O/c1-20-18(23-13-15-9-5-6-10-16(15)19)22-12-11-21-17(24)14-7-3-2-4-8-14/h2-10H,11-13H2,1H3,(H,21,24)(H2,20,22,23). The van der Waals surface area contributed by atoms with Crippen LogP contribution in [0.15, 0.2) is 59.6 Å². The fourth-order valence-electron chi connectivity index (χ4n) is 2.09. The highest BCUT2D eigenvalue weighted by Crippen LogP contribution is 2.14. The van der Waals surface area contributed by atoms with Gasteiger partial charge >= 0.3 is 0 Å². The van der Waals surface area contributed by atoms with Crippen LogP contribution in [0.25, 0.3) is 0 Å². The number of carbonyl (C=O) groups is 1. The molecule has 0 radical (unpaired) electrons. The second-order valence-electron chi connectivity index (χ2n) is 5.07. The Morgan fingerprint density at radius 3 is 2.33 bits per heavy atom. The highest BCUT2D eigenvalue weighted by molar-refractivity contribution is 6.31. The second kappa shape index (κ2) is 9.57. The van der Waals surface area contributed by atoms with E-state index < -0.39 is 0 Å². The first-order valence-corrected chi connectivity index (χ1v) is 8.09. The van der Waals surface area contributed by atoms with Crippen LogP contribution in [0.3, 0.4) is 0 Å². The van der Waals surface area contributed by atoms with Crippen LogP contribution in [0.4, 0.5) is 0 Å². The van der Waals surface area contributed by atoms with E-state index >= 15 is 0 Å². The number of benzene rings is 2. The van der Waals surface area contributed by atoms with E-state index in [4.69, 9.17) is 11.6 Å². The molecule has 0 aliphatic carbocycles. The molecule has 0 spiro atoms. The number of guanidine groups is 1. The molecule has 2 rings (SSSR count). The van der Waals surface area contributed by atoms with E-state index in [1.807, 2.05) is 42.5 Å². The molecule has 0 heterocycles. The fourth-order valence-corrected chi connectivity index (χ4v) is 2.29. The molecular weight excluding hydrogens is 324 g/mol. The molecule has 0 saturated carbocycles. The lowest BCUT2D eigenvalue weighted by atomic mass is 10.2. The Kier molecular flexibility index (Phi) is 7.11. The van der Waals surface area contributed by atoms with E-state index in [1.165, 1.54) is 0 Å². The van der Waals surface area contributed by atoms with Crippen molar-refractivity contribution in [2.24, 2.45) is 4.99 Å². The van der Waals surface area contributed by atoms with Crippen LogP contribution in [0, 0.1) is 0 Å². The molecular formula is C18H21ClN4O. The van der Waals surface area contributed by atoms with Crippen molar-refractivity contribution in [2.45, 2.75) is 6.54 Å². The van der Waals surface area contributed by atoms with Gasteiger partial charge in [-0.05, 0) is 23.8 Å². The van der Waals surface area contributed by atoms with Gasteiger partial charge in [0.15, 0.2) is 5.96 Å². The third-order valence-electron chi connectivity index (χ3n) is 3.37. The number of rotatable bonds is 6. The van der Waals surface area contributed by atoms with E-state index in [0.717, 1.165) is 10.6 Å². The van der Waals surface area contributed by atoms with E-state index in [9.17, 15) is 4.79 Å². The summed E-state index contributed by atoms with van der Waals surface area (Å²) in [6, 6.07) is 16.8. The smallest absolute Gasteiger partial charge is 0.251 e. The molecule has 0 aliphatic heterocycles. The van der Waals surface area contributed by atoms with E-state index in [-0.39, 0.29) is 5.91 Å². The van der Waals surface area contributed by atoms with E-state index in [0.29, 0.717) is 31.2 Å². The quantitative estimate of drug-likeness (QED) is 0.428. The Labute approximate surface area is 147 Å². The molecule has 0 atom stereocenters. The SMILES string of the molecule is CN=C(NCCNC(=O)c1ccccc1)NCc1ccccc1Cl. The molecule has 2 aromatic carbocycles. The van der Waals surface area contributed by atoms with Crippen molar-refractivity contribution in [1.29, 1.82) is 0 Å². The molecule has 0 aliphatic rings. The zero-order chi connectivity index (χ0) is 17.2. The molecule has 6 heteroatoms. The molecule has 3 N–H and O–H groups in total. The van der Waals surface area contributed by atoms with Gasteiger partial charge in [0.2, 0.25) is 0 Å². The van der Waals surface area contributed by atoms with Gasteiger partial charge in [-0.2, -0.15) is 0 Å². The number of hydrogen-bond acceptors (Lipinski definition) is 2. The summed E-state index contributed by atoms with van der Waals surface area (Å²) in [6.07, 6.45) is 0. The molecule has 126 valence electrons. The predicted molar refractivity (Wildman–Crippen MR) is 98.4 cm³/mol. The van der Waals surface area contributed by atoms with Crippen molar-refractivity contribution >= 4 is 23.5 Å². The maximum atomic E-state index is 11.9. The van der Waals surface area contributed by atoms with Crippen LogP contribution < -0.4 is 16.0 Å². The molecule has 0 unspecified atom stereocenters. The van der Waals surface area contributed by atoms with Crippen molar-refractivity contribution in [2.75, 3.05) is 20.1 Å². The van der Waals surface area contributed by atoms with Crippen LogP contribution in [0.5, 0.6) is 0 Å². The van der Waals surface area contributed by atoms with Gasteiger partial charge in [-0.1, -0.05) is 48.0 Å². The first-order chi connectivity index (χ1) is 11.7. The van der Waals surface area contributed by atoms with Gasteiger partial charge in [-0.25, -0.2) is 0 Å². The molecule has 5 nitrogen and oxygen atoms in total. The number of carbonyl (C=O) groups excluding carboxylic acids is 1. The van der Waals surface area contributed by atoms with Crippen LogP contribution in [-0.2, 0) is 6.54 Å². The number of hydrogen-bond donors (Lipinski definition) is 3. The summed E-state index contributed by atoms with van der Waals surface area (Å²) in [4.78, 5) is 16.1. The Balaban J connectivity index is 1.70. The fraction of sp³-hybridized carbons (Fsp3) is 0.222. The molecule has 0 bridgehead atoms. The van der Waals surface area contributed by atoms with Gasteiger partial charge in [-0.15, -0.1) is 0 Å². The summed E-state index contributed by atoms with van der Waals surface area (Å²) in [5.41, 5.74) is 1.65. The van der Waals surface area contributed by atoms with E-state index in [2.05, 4.69) is 20.9 Å². The van der Waals surface area contributed by atoms with Gasteiger partial charge in [0.05, 0.1) is 0 Å². The van der Waals surface area contributed by atoms with Gasteiger partial charge < -0.3 is 16.0 Å².